The van der Waals surface area contributed by atoms with E-state index in [9.17, 15) is 38.6 Å². The van der Waals surface area contributed by atoms with Crippen LogP contribution in [0, 0.1) is 43.7 Å². The van der Waals surface area contributed by atoms with Gasteiger partial charge < -0.3 is 30.7 Å². The number of hydrogen-bond acceptors (Lipinski definition) is 10. The first-order valence-electron chi connectivity index (χ1n) is 19.2. The molecule has 2 fully saturated rings. The van der Waals surface area contributed by atoms with Gasteiger partial charge in [-0.25, -0.2) is 18.4 Å². The van der Waals surface area contributed by atoms with Crippen molar-refractivity contribution in [1.82, 2.24) is 10.2 Å². The highest BCUT2D eigenvalue weighted by Gasteiger charge is 2.33. The molecular formula is C41H48Cl6F2N6O8. The Morgan fingerprint density at radius 2 is 1.17 bits per heavy atom. The third-order valence-corrected chi connectivity index (χ3v) is 9.14. The van der Waals surface area contributed by atoms with E-state index in [0.29, 0.717) is 42.6 Å². The quantitative estimate of drug-likeness (QED) is 0.0527. The van der Waals surface area contributed by atoms with Crippen molar-refractivity contribution in [1.29, 1.82) is 0 Å². The van der Waals surface area contributed by atoms with Gasteiger partial charge in [0.1, 0.15) is 23.0 Å². The molecule has 4 aromatic rings. The molecule has 4 aromatic carbocycles. The lowest BCUT2D eigenvalue weighted by Crippen LogP contribution is -2.51. The Hall–Kier alpha value is -4.42. The molecular weight excluding hydrogens is 955 g/mol. The Morgan fingerprint density at radius 1 is 0.778 bits per heavy atom. The number of nitro groups is 2. The number of ether oxygens (including phenoxy) is 2. The summed E-state index contributed by atoms with van der Waals surface area (Å²) < 4.78 is 35.5. The summed E-state index contributed by atoms with van der Waals surface area (Å²) in [4.78, 5) is 45.2. The van der Waals surface area contributed by atoms with Crippen LogP contribution in [-0.4, -0.2) is 61.1 Å². The van der Waals surface area contributed by atoms with Crippen molar-refractivity contribution in [3.63, 3.8) is 0 Å². The number of likely N-dealkylation sites (tertiary alicyclic amines) is 1. The maximum absolute atomic E-state index is 13.1. The molecule has 346 valence electrons. The lowest BCUT2D eigenvalue weighted by atomic mass is 9.98. The minimum Gasteiger partial charge on any atom is -0.393 e. The van der Waals surface area contributed by atoms with Crippen LogP contribution >= 0.6 is 69.6 Å². The first-order valence-corrected chi connectivity index (χ1v) is 20.7. The number of nitrogens with one attached hydrogen (secondary N) is 2. The number of alkyl halides is 6. The second-order valence-corrected chi connectivity index (χ2v) is 17.3. The second kappa shape index (κ2) is 27.0. The normalized spacial score (nSPS) is 13.3. The number of nitrogens with two attached hydrogens (primary N) is 1. The van der Waals surface area contributed by atoms with Crippen LogP contribution in [0.3, 0.4) is 0 Å². The Kier molecular flexibility index (Phi) is 23.5. The molecule has 4 N–H and O–H groups in total. The summed E-state index contributed by atoms with van der Waals surface area (Å²) in [5, 5.41) is 27.7. The molecule has 0 radical (unpaired) electrons. The van der Waals surface area contributed by atoms with Crippen molar-refractivity contribution in [2.45, 2.75) is 55.9 Å². The first-order chi connectivity index (χ1) is 29.5. The van der Waals surface area contributed by atoms with E-state index in [2.05, 4.69) is 34.0 Å². The van der Waals surface area contributed by atoms with E-state index in [-0.39, 0.29) is 47.8 Å². The zero-order valence-electron chi connectivity index (χ0n) is 34.4. The van der Waals surface area contributed by atoms with Gasteiger partial charge in [0.2, 0.25) is 0 Å². The number of anilines is 2. The summed E-state index contributed by atoms with van der Waals surface area (Å²) in [7, 11) is 0. The van der Waals surface area contributed by atoms with Crippen LogP contribution < -0.4 is 16.4 Å². The summed E-state index contributed by atoms with van der Waals surface area (Å²) >= 11 is 30.2. The summed E-state index contributed by atoms with van der Waals surface area (Å²) in [6.45, 7) is 10.4. The van der Waals surface area contributed by atoms with Crippen LogP contribution in [0.25, 0.3) is 22.3 Å². The summed E-state index contributed by atoms with van der Waals surface area (Å²) in [6, 6.07) is 20.2. The van der Waals surface area contributed by atoms with Crippen molar-refractivity contribution in [2.75, 3.05) is 37.2 Å². The number of rotatable bonds is 7. The van der Waals surface area contributed by atoms with Crippen LogP contribution in [0.4, 0.5) is 41.1 Å². The van der Waals surface area contributed by atoms with E-state index in [1.807, 2.05) is 0 Å². The molecule has 2 amide bonds. The fourth-order valence-corrected chi connectivity index (χ4v) is 5.57. The van der Waals surface area contributed by atoms with Crippen molar-refractivity contribution in [3.8, 4) is 22.3 Å². The van der Waals surface area contributed by atoms with Crippen molar-refractivity contribution < 1.29 is 39.1 Å². The van der Waals surface area contributed by atoms with Crippen LogP contribution in [0.5, 0.6) is 0 Å². The number of carbonyl (C=O) groups excluding carboxylic acids is 2. The molecule has 0 spiro atoms. The van der Waals surface area contributed by atoms with Gasteiger partial charge >= 0.3 is 20.1 Å². The molecule has 2 aliphatic rings. The van der Waals surface area contributed by atoms with Gasteiger partial charge in [-0.05, 0) is 172 Å². The number of benzene rings is 4. The van der Waals surface area contributed by atoms with Crippen LogP contribution in [0.1, 0.15) is 49.3 Å². The molecule has 0 atom stereocenters. The minimum absolute atomic E-state index is 0. The van der Waals surface area contributed by atoms with E-state index in [1.54, 1.807) is 54.3 Å². The smallest absolute Gasteiger partial charge is 0.393 e. The molecule has 0 bridgehead atoms. The number of amides is 2. The topological polar surface area (TPSA) is 192 Å². The number of nitrogen functional groups attached to an aromatic ring is 1. The van der Waals surface area contributed by atoms with Gasteiger partial charge in [-0.15, -0.1) is 0 Å². The van der Waals surface area contributed by atoms with E-state index >= 15 is 0 Å². The maximum atomic E-state index is 13.1. The molecule has 14 nitrogen and oxygen atoms in total. The van der Waals surface area contributed by atoms with Gasteiger partial charge in [0.05, 0.1) is 9.85 Å². The Labute approximate surface area is 395 Å². The molecule has 6 rings (SSSR count). The molecule has 2 saturated heterocycles. The number of urea groups is 1. The zero-order chi connectivity index (χ0) is 47.5. The van der Waals surface area contributed by atoms with Crippen LogP contribution in [0.15, 0.2) is 84.9 Å². The molecule has 22 heteroatoms. The molecule has 0 saturated carbocycles. The highest BCUT2D eigenvalue weighted by molar-refractivity contribution is 6.67. The SMILES string of the molecule is C.CCC1CN(C(=O)Nc2cc(-c3ccc(F)cc3)ccc2[N+](=O)[O-])C1.CCC1CNC1.Nc1cc(-c2ccc(F)cc2)ccc1[N+](=O)[O-].O=C(OC(Cl)(Cl)Cl)OC(Cl)(Cl)Cl.[2H]CC. The zero-order valence-corrected chi connectivity index (χ0v) is 37.9. The average Bonchev–Trinajstić information content (AvgIpc) is 3.14. The van der Waals surface area contributed by atoms with E-state index in [0.717, 1.165) is 17.9 Å². The number of nitro benzene ring substituents is 2. The monoisotopic (exact) mass is 1000 g/mol. The Balaban J connectivity index is 0.000000455. The molecule has 0 aliphatic carbocycles. The van der Waals surface area contributed by atoms with Gasteiger partial charge in [0, 0.05) is 26.6 Å². The minimum atomic E-state index is -2.24. The van der Waals surface area contributed by atoms with Crippen molar-refractivity contribution >= 4 is 105 Å². The largest absolute Gasteiger partial charge is 0.515 e. The molecule has 63 heavy (non-hydrogen) atoms. The molecule has 0 unspecified atom stereocenters. The fraction of sp³-hybridized carbons (Fsp3) is 0.366. The van der Waals surface area contributed by atoms with Gasteiger partial charge in [-0.1, -0.05) is 65.8 Å². The standard InChI is InChI=1S/C18H18FN3O3.C12H9FN2O2.C5H11N.C3Cl6O3.C2H6.CH4/c1-2-12-10-21(11-12)18(23)20-16-9-14(5-8-17(16)22(24)25)13-3-6-15(19)7-4-13;13-10-4-1-8(2-5-10)9-3-6-12(15(16)17)11(14)7-9;1-2-5-3-6-4-5;4-2(5,6)11-1(10)12-3(7,8)9;1-2;/h3-9,12H,2,10-11H2,1H3,(H,20,23);1-7H,14H2;5-6H,2-4H2,1H3;;1-2H3;1H4/i;;;;1D;. The summed E-state index contributed by atoms with van der Waals surface area (Å²) in [6.07, 6.45) is 0.951. The van der Waals surface area contributed by atoms with Gasteiger partial charge in [-0.3, -0.25) is 20.2 Å². The molecule has 2 aliphatic heterocycles. The van der Waals surface area contributed by atoms with Crippen LogP contribution in [0.2, 0.25) is 0 Å². The fourth-order valence-electron chi connectivity index (χ4n) is 5.20. The first kappa shape index (κ1) is 54.7. The lowest BCUT2D eigenvalue weighted by Gasteiger charge is -2.38. The third-order valence-electron chi connectivity index (χ3n) is 8.68. The predicted octanol–water partition coefficient (Wildman–Crippen LogP) is 13.3. The average molecular weight is 1000 g/mol. The maximum Gasteiger partial charge on any atom is 0.515 e. The summed E-state index contributed by atoms with van der Waals surface area (Å²) in [5.74, 6) is 0.808. The summed E-state index contributed by atoms with van der Waals surface area (Å²) in [5.41, 5.74) is 8.35. The van der Waals surface area contributed by atoms with Gasteiger partial charge in [-0.2, -0.15) is 0 Å². The number of nitrogens with zero attached hydrogens (tertiary/aromatic N) is 3. The lowest BCUT2D eigenvalue weighted by molar-refractivity contribution is -0.384. The number of carbonyl (C=O) groups is 2. The Morgan fingerprint density at radius 3 is 1.51 bits per heavy atom. The highest BCUT2D eigenvalue weighted by Crippen LogP contribution is 2.34. The van der Waals surface area contributed by atoms with Crippen LogP contribution in [-0.2, 0) is 9.47 Å². The Bertz CT molecular complexity index is 2090. The number of hydrogen-bond donors (Lipinski definition) is 3. The second-order valence-electron chi connectivity index (χ2n) is 12.9. The van der Waals surface area contributed by atoms with E-state index in [4.69, 9.17) is 76.7 Å². The number of halogens is 8. The molecule has 0 aromatic heterocycles. The third kappa shape index (κ3) is 20.3. The van der Waals surface area contributed by atoms with E-state index in [1.165, 1.54) is 62.0 Å². The highest BCUT2D eigenvalue weighted by atomic mass is 35.6. The van der Waals surface area contributed by atoms with E-state index < -0.39 is 24.0 Å². The van der Waals surface area contributed by atoms with Gasteiger partial charge in [0.25, 0.3) is 11.4 Å². The predicted molar refractivity (Wildman–Crippen MR) is 249 cm³/mol. The van der Waals surface area contributed by atoms with Gasteiger partial charge in [0.15, 0.2) is 0 Å². The van der Waals surface area contributed by atoms with Crippen molar-refractivity contribution in [3.05, 3.63) is 117 Å². The van der Waals surface area contributed by atoms with Crippen molar-refractivity contribution in [2.24, 2.45) is 11.8 Å². The molecule has 2 heterocycles.